The zero-order chi connectivity index (χ0) is 25.7. The highest BCUT2D eigenvalue weighted by Gasteiger charge is 2.35. The number of hydrogen-bond acceptors (Lipinski definition) is 7. The molecule has 0 aromatic heterocycles. The molecule has 9 heteroatoms. The summed E-state index contributed by atoms with van der Waals surface area (Å²) in [6, 6.07) is 18.3. The third-order valence-electron chi connectivity index (χ3n) is 5.29. The van der Waals surface area contributed by atoms with E-state index < -0.39 is 0 Å². The van der Waals surface area contributed by atoms with Crippen molar-refractivity contribution in [3.8, 4) is 23.0 Å². The van der Waals surface area contributed by atoms with E-state index in [0.717, 1.165) is 11.1 Å². The summed E-state index contributed by atoms with van der Waals surface area (Å²) in [5.74, 6) is 2.09. The highest BCUT2D eigenvalue weighted by Crippen LogP contribution is 2.41. The van der Waals surface area contributed by atoms with E-state index in [9.17, 15) is 4.79 Å². The van der Waals surface area contributed by atoms with Gasteiger partial charge in [0.1, 0.15) is 18.1 Å². The second-order valence-electron chi connectivity index (χ2n) is 7.61. The van der Waals surface area contributed by atoms with E-state index in [4.69, 9.17) is 42.8 Å². The lowest BCUT2D eigenvalue weighted by Crippen LogP contribution is -2.27. The zero-order valence-corrected chi connectivity index (χ0v) is 22.3. The minimum absolute atomic E-state index is 0.227. The molecular formula is C27H24ClNO5S2. The topological polar surface area (TPSA) is 57.2 Å². The number of thiocarbonyl (C=S) groups is 1. The lowest BCUT2D eigenvalue weighted by Gasteiger charge is -2.18. The number of ether oxygens (including phenoxy) is 4. The Bertz CT molecular complexity index is 1310. The van der Waals surface area contributed by atoms with Crippen LogP contribution in [0.15, 0.2) is 65.6 Å². The molecule has 0 aliphatic carbocycles. The van der Waals surface area contributed by atoms with Crippen molar-refractivity contribution in [1.82, 2.24) is 0 Å². The first-order chi connectivity index (χ1) is 17.4. The summed E-state index contributed by atoms with van der Waals surface area (Å²) in [5.41, 5.74) is 2.34. The number of carbonyl (C=O) groups excluding carboxylic acids is 1. The molecule has 0 N–H and O–H groups in total. The predicted molar refractivity (Wildman–Crippen MR) is 149 cm³/mol. The maximum absolute atomic E-state index is 13.3. The third kappa shape index (κ3) is 5.78. The van der Waals surface area contributed by atoms with E-state index >= 15 is 0 Å². The summed E-state index contributed by atoms with van der Waals surface area (Å²) in [7, 11) is 3.11. The SMILES string of the molecule is CCOc1cc(/C=C2\SC(=S)N(c3ccc(OC)cc3OC)C2=O)ccc1OCc1ccc(Cl)cc1. The summed E-state index contributed by atoms with van der Waals surface area (Å²) in [4.78, 5) is 15.3. The van der Waals surface area contributed by atoms with Gasteiger partial charge in [0.15, 0.2) is 15.8 Å². The largest absolute Gasteiger partial charge is 0.497 e. The number of carbonyl (C=O) groups is 1. The van der Waals surface area contributed by atoms with Crippen molar-refractivity contribution in [2.45, 2.75) is 13.5 Å². The molecule has 0 unspecified atom stereocenters. The summed E-state index contributed by atoms with van der Waals surface area (Å²) in [5, 5.41) is 0.675. The van der Waals surface area contributed by atoms with Crippen molar-refractivity contribution < 1.29 is 23.7 Å². The van der Waals surface area contributed by atoms with Gasteiger partial charge in [0, 0.05) is 11.1 Å². The maximum Gasteiger partial charge on any atom is 0.270 e. The highest BCUT2D eigenvalue weighted by molar-refractivity contribution is 8.27. The molecule has 1 saturated heterocycles. The van der Waals surface area contributed by atoms with Gasteiger partial charge in [0.25, 0.3) is 5.91 Å². The summed E-state index contributed by atoms with van der Waals surface area (Å²) in [6.07, 6.45) is 1.79. The van der Waals surface area contributed by atoms with E-state index in [1.165, 1.54) is 23.8 Å². The Kier molecular flexibility index (Phi) is 8.40. The van der Waals surface area contributed by atoms with Crippen LogP contribution in [0.2, 0.25) is 5.02 Å². The molecule has 1 amide bonds. The Hall–Kier alpha value is -3.20. The van der Waals surface area contributed by atoms with Crippen molar-refractivity contribution in [2.75, 3.05) is 25.7 Å². The average Bonchev–Trinajstić information content (AvgIpc) is 3.16. The van der Waals surface area contributed by atoms with Crippen LogP contribution >= 0.6 is 35.6 Å². The number of nitrogens with zero attached hydrogens (tertiary/aromatic N) is 1. The Morgan fingerprint density at radius 2 is 1.72 bits per heavy atom. The van der Waals surface area contributed by atoms with Crippen molar-refractivity contribution in [2.24, 2.45) is 0 Å². The van der Waals surface area contributed by atoms with Crippen molar-refractivity contribution >= 4 is 57.6 Å². The van der Waals surface area contributed by atoms with Crippen molar-refractivity contribution in [3.63, 3.8) is 0 Å². The molecule has 4 rings (SSSR count). The molecule has 1 aliphatic rings. The Morgan fingerprint density at radius 1 is 0.944 bits per heavy atom. The van der Waals surface area contributed by atoms with Crippen molar-refractivity contribution in [3.05, 3.63) is 81.7 Å². The molecule has 36 heavy (non-hydrogen) atoms. The predicted octanol–water partition coefficient (Wildman–Crippen LogP) is 6.74. The summed E-state index contributed by atoms with van der Waals surface area (Å²) < 4.78 is 22.9. The third-order valence-corrected chi connectivity index (χ3v) is 6.85. The van der Waals surface area contributed by atoms with Crippen LogP contribution in [-0.4, -0.2) is 31.1 Å². The lowest BCUT2D eigenvalue weighted by atomic mass is 10.1. The Balaban J connectivity index is 1.56. The van der Waals surface area contributed by atoms with Gasteiger partial charge in [-0.1, -0.05) is 53.8 Å². The van der Waals surface area contributed by atoms with Crippen LogP contribution in [0.1, 0.15) is 18.1 Å². The number of hydrogen-bond donors (Lipinski definition) is 0. The van der Waals surface area contributed by atoms with Gasteiger partial charge in [-0.15, -0.1) is 0 Å². The molecule has 1 aliphatic heterocycles. The van der Waals surface area contributed by atoms with Crippen LogP contribution in [0.4, 0.5) is 5.69 Å². The lowest BCUT2D eigenvalue weighted by molar-refractivity contribution is -0.113. The minimum atomic E-state index is -0.227. The molecule has 0 bridgehead atoms. The first-order valence-electron chi connectivity index (χ1n) is 11.1. The first-order valence-corrected chi connectivity index (χ1v) is 12.7. The van der Waals surface area contributed by atoms with Crippen LogP contribution < -0.4 is 23.8 Å². The number of halogens is 1. The number of benzene rings is 3. The van der Waals surface area contributed by atoms with Crippen LogP contribution in [0.3, 0.4) is 0 Å². The molecule has 0 saturated carbocycles. The van der Waals surface area contributed by atoms with Gasteiger partial charge in [-0.05, 0) is 60.5 Å². The fraction of sp³-hybridized carbons (Fsp3) is 0.185. The van der Waals surface area contributed by atoms with Gasteiger partial charge in [-0.2, -0.15) is 0 Å². The number of methoxy groups -OCH3 is 2. The minimum Gasteiger partial charge on any atom is -0.497 e. The van der Waals surface area contributed by atoms with Crippen LogP contribution in [0, 0.1) is 0 Å². The Morgan fingerprint density at radius 3 is 2.42 bits per heavy atom. The Labute approximate surface area is 224 Å². The molecule has 186 valence electrons. The smallest absolute Gasteiger partial charge is 0.270 e. The molecule has 6 nitrogen and oxygen atoms in total. The van der Waals surface area contributed by atoms with Gasteiger partial charge in [-0.3, -0.25) is 9.69 Å². The van der Waals surface area contributed by atoms with Crippen LogP contribution in [0.5, 0.6) is 23.0 Å². The second kappa shape index (κ2) is 11.7. The number of amides is 1. The van der Waals surface area contributed by atoms with Crippen molar-refractivity contribution in [1.29, 1.82) is 0 Å². The molecule has 3 aromatic carbocycles. The van der Waals surface area contributed by atoms with Crippen LogP contribution in [0.25, 0.3) is 6.08 Å². The number of anilines is 1. The zero-order valence-electron chi connectivity index (χ0n) is 19.9. The summed E-state index contributed by atoms with van der Waals surface area (Å²) in [6.45, 7) is 2.75. The van der Waals surface area contributed by atoms with Gasteiger partial charge >= 0.3 is 0 Å². The van der Waals surface area contributed by atoms with Gasteiger partial charge in [0.2, 0.25) is 0 Å². The van der Waals surface area contributed by atoms with Gasteiger partial charge in [0.05, 0.1) is 31.4 Å². The molecule has 1 heterocycles. The highest BCUT2D eigenvalue weighted by atomic mass is 35.5. The normalized spacial score (nSPS) is 14.3. The van der Waals surface area contributed by atoms with E-state index in [0.29, 0.717) is 56.1 Å². The van der Waals surface area contributed by atoms with E-state index in [-0.39, 0.29) is 5.91 Å². The molecule has 3 aromatic rings. The number of thioether (sulfide) groups is 1. The molecular weight excluding hydrogens is 518 g/mol. The second-order valence-corrected chi connectivity index (χ2v) is 9.72. The molecule has 0 atom stereocenters. The van der Waals surface area contributed by atoms with Gasteiger partial charge < -0.3 is 18.9 Å². The summed E-state index contributed by atoms with van der Waals surface area (Å²) >= 11 is 12.7. The van der Waals surface area contributed by atoms with Crippen LogP contribution in [-0.2, 0) is 11.4 Å². The van der Waals surface area contributed by atoms with E-state index in [1.807, 2.05) is 49.4 Å². The standard InChI is InChI=1S/C27H24ClNO5S2/c1-4-33-24-13-18(7-12-22(24)34-16-17-5-8-19(28)9-6-17)14-25-26(30)29(27(35)36-25)21-11-10-20(31-2)15-23(21)32-3/h5-15H,4,16H2,1-3H3/b25-14-. The number of rotatable bonds is 9. The van der Waals surface area contributed by atoms with E-state index in [1.54, 1.807) is 31.4 Å². The maximum atomic E-state index is 13.3. The fourth-order valence-electron chi connectivity index (χ4n) is 3.54. The fourth-order valence-corrected chi connectivity index (χ4v) is 4.95. The monoisotopic (exact) mass is 541 g/mol. The van der Waals surface area contributed by atoms with Gasteiger partial charge in [-0.25, -0.2) is 0 Å². The molecule has 1 fully saturated rings. The van der Waals surface area contributed by atoms with E-state index in [2.05, 4.69) is 0 Å². The average molecular weight is 542 g/mol. The first kappa shape index (κ1) is 25.9. The molecule has 0 spiro atoms. The molecule has 0 radical (unpaired) electrons. The quantitative estimate of drug-likeness (QED) is 0.219.